The van der Waals surface area contributed by atoms with Crippen LogP contribution in [0.2, 0.25) is 0 Å². The number of aromatic nitrogens is 1. The molecule has 2 aromatic rings. The van der Waals surface area contributed by atoms with E-state index in [1.54, 1.807) is 0 Å². The molecular formula is C20H24N2O3S. The molecule has 2 aromatic heterocycles. The molecule has 6 heteroatoms. The summed E-state index contributed by atoms with van der Waals surface area (Å²) in [6, 6.07) is 2.60. The second-order valence-corrected chi connectivity index (χ2v) is 8.34. The number of H-pyrrole nitrogens is 1. The zero-order chi connectivity index (χ0) is 18.4. The Bertz CT molecular complexity index is 863. The Labute approximate surface area is 157 Å². The molecule has 4 rings (SSSR count). The molecule has 2 aliphatic rings. The zero-order valence-corrected chi connectivity index (χ0v) is 16.2. The van der Waals surface area contributed by atoms with Crippen LogP contribution in [-0.4, -0.2) is 41.8 Å². The van der Waals surface area contributed by atoms with Crippen molar-refractivity contribution in [3.63, 3.8) is 0 Å². The summed E-state index contributed by atoms with van der Waals surface area (Å²) in [6.45, 7) is 4.93. The molecule has 3 heterocycles. The summed E-state index contributed by atoms with van der Waals surface area (Å²) in [5, 5.41) is 2.17. The number of nitrogens with one attached hydrogen (secondary N) is 1. The molecule has 26 heavy (non-hydrogen) atoms. The molecule has 0 saturated heterocycles. The number of ketones is 1. The van der Waals surface area contributed by atoms with Gasteiger partial charge in [-0.1, -0.05) is 0 Å². The Balaban J connectivity index is 1.58. The second-order valence-electron chi connectivity index (χ2n) is 7.34. The fourth-order valence-electron chi connectivity index (χ4n) is 4.24. The lowest BCUT2D eigenvalue weighted by atomic mass is 9.95. The SMILES string of the molecule is COC(=O)c1c(C)[nH]c(C(=O)CN2CCc3sccc3[C@H]2C2CC2)c1C. The first-order valence-electron chi connectivity index (χ1n) is 9.12. The topological polar surface area (TPSA) is 62.4 Å². The molecule has 0 spiro atoms. The lowest BCUT2D eigenvalue weighted by molar-refractivity contribution is 0.0599. The number of hydrogen-bond acceptors (Lipinski definition) is 5. The molecule has 1 aliphatic carbocycles. The van der Waals surface area contributed by atoms with E-state index < -0.39 is 5.97 Å². The average molecular weight is 372 g/mol. The van der Waals surface area contributed by atoms with Crippen molar-refractivity contribution in [1.29, 1.82) is 0 Å². The van der Waals surface area contributed by atoms with Crippen LogP contribution in [0.1, 0.15) is 61.4 Å². The van der Waals surface area contributed by atoms with Gasteiger partial charge in [0.2, 0.25) is 0 Å². The first kappa shape index (κ1) is 17.5. The van der Waals surface area contributed by atoms with Gasteiger partial charge in [-0.3, -0.25) is 9.69 Å². The number of aryl methyl sites for hydroxylation is 1. The van der Waals surface area contributed by atoms with E-state index in [2.05, 4.69) is 21.3 Å². The van der Waals surface area contributed by atoms with Crippen LogP contribution in [0.25, 0.3) is 0 Å². The van der Waals surface area contributed by atoms with Gasteiger partial charge in [0.15, 0.2) is 5.78 Å². The van der Waals surface area contributed by atoms with Crippen LogP contribution in [0.4, 0.5) is 0 Å². The molecule has 1 N–H and O–H groups in total. The van der Waals surface area contributed by atoms with Gasteiger partial charge in [0.1, 0.15) is 0 Å². The van der Waals surface area contributed by atoms with E-state index in [0.717, 1.165) is 13.0 Å². The predicted octanol–water partition coefficient (Wildman–Crippen LogP) is 3.67. The highest BCUT2D eigenvalue weighted by Crippen LogP contribution is 2.48. The number of methoxy groups -OCH3 is 1. The van der Waals surface area contributed by atoms with Gasteiger partial charge in [-0.05, 0) is 61.6 Å². The van der Waals surface area contributed by atoms with Crippen LogP contribution in [0, 0.1) is 19.8 Å². The number of Topliss-reactive ketones (excluding diaryl/α,β-unsaturated/α-hetero) is 1. The summed E-state index contributed by atoms with van der Waals surface area (Å²) in [7, 11) is 1.36. The fourth-order valence-corrected chi connectivity index (χ4v) is 5.15. The van der Waals surface area contributed by atoms with Crippen molar-refractivity contribution in [3.8, 4) is 0 Å². The summed E-state index contributed by atoms with van der Waals surface area (Å²) < 4.78 is 4.85. The van der Waals surface area contributed by atoms with E-state index in [1.807, 2.05) is 25.2 Å². The van der Waals surface area contributed by atoms with Gasteiger partial charge in [0.25, 0.3) is 0 Å². The number of aromatic amines is 1. The lowest BCUT2D eigenvalue weighted by Gasteiger charge is -2.35. The van der Waals surface area contributed by atoms with E-state index >= 15 is 0 Å². The van der Waals surface area contributed by atoms with Crippen molar-refractivity contribution in [1.82, 2.24) is 9.88 Å². The summed E-state index contributed by atoms with van der Waals surface area (Å²) in [5.41, 5.74) is 3.82. The molecule has 5 nitrogen and oxygen atoms in total. The molecule has 1 aliphatic heterocycles. The quantitative estimate of drug-likeness (QED) is 0.642. The van der Waals surface area contributed by atoms with E-state index in [-0.39, 0.29) is 5.78 Å². The number of nitrogens with zero attached hydrogens (tertiary/aromatic N) is 1. The van der Waals surface area contributed by atoms with Gasteiger partial charge in [0.05, 0.1) is 24.9 Å². The largest absolute Gasteiger partial charge is 0.465 e. The van der Waals surface area contributed by atoms with Gasteiger partial charge in [-0.2, -0.15) is 0 Å². The lowest BCUT2D eigenvalue weighted by Crippen LogP contribution is -2.39. The predicted molar refractivity (Wildman–Crippen MR) is 101 cm³/mol. The van der Waals surface area contributed by atoms with Gasteiger partial charge in [0, 0.05) is 23.2 Å². The summed E-state index contributed by atoms with van der Waals surface area (Å²) in [6.07, 6.45) is 3.51. The van der Waals surface area contributed by atoms with Gasteiger partial charge in [-0.15, -0.1) is 11.3 Å². The Morgan fingerprint density at radius 3 is 2.81 bits per heavy atom. The van der Waals surface area contributed by atoms with E-state index in [0.29, 0.717) is 41.0 Å². The maximum atomic E-state index is 13.0. The van der Waals surface area contributed by atoms with E-state index in [4.69, 9.17) is 4.74 Å². The van der Waals surface area contributed by atoms with Crippen molar-refractivity contribution >= 4 is 23.1 Å². The van der Waals surface area contributed by atoms with Crippen molar-refractivity contribution < 1.29 is 14.3 Å². The monoisotopic (exact) mass is 372 g/mol. The average Bonchev–Trinajstić information content (AvgIpc) is 3.26. The maximum Gasteiger partial charge on any atom is 0.339 e. The standard InChI is InChI=1S/C20H24N2O3S/c1-11-17(20(24)25-3)12(2)21-18(11)15(23)10-22-8-6-16-14(7-9-26-16)19(22)13-4-5-13/h7,9,13,19,21H,4-6,8,10H2,1-3H3/t19-/m1/s1. The van der Waals surface area contributed by atoms with Crippen LogP contribution < -0.4 is 0 Å². The van der Waals surface area contributed by atoms with Crippen molar-refractivity contribution in [2.75, 3.05) is 20.2 Å². The molecule has 0 unspecified atom stereocenters. The van der Waals surface area contributed by atoms with Crippen molar-refractivity contribution in [2.45, 2.75) is 39.2 Å². The normalized spacial score (nSPS) is 20.0. The third-order valence-electron chi connectivity index (χ3n) is 5.64. The molecule has 1 fully saturated rings. The first-order valence-corrected chi connectivity index (χ1v) is 10.00. The van der Waals surface area contributed by atoms with Crippen molar-refractivity contribution in [2.24, 2.45) is 5.92 Å². The molecule has 138 valence electrons. The minimum Gasteiger partial charge on any atom is -0.465 e. The second kappa shape index (κ2) is 6.67. The zero-order valence-electron chi connectivity index (χ0n) is 15.4. The minimum atomic E-state index is -0.396. The Hall–Kier alpha value is -1.92. The third kappa shape index (κ3) is 2.91. The van der Waals surface area contributed by atoms with Crippen LogP contribution in [0.5, 0.6) is 0 Å². The molecule has 0 aromatic carbocycles. The van der Waals surface area contributed by atoms with Gasteiger partial charge >= 0.3 is 5.97 Å². The molecule has 0 amide bonds. The van der Waals surface area contributed by atoms with E-state index in [1.165, 1.54) is 30.4 Å². The third-order valence-corrected chi connectivity index (χ3v) is 6.64. The summed E-state index contributed by atoms with van der Waals surface area (Å²) in [4.78, 5) is 31.9. The number of carbonyl (C=O) groups is 2. The number of fused-ring (bicyclic) bond motifs is 1. The van der Waals surface area contributed by atoms with Crippen LogP contribution in [0.15, 0.2) is 11.4 Å². The van der Waals surface area contributed by atoms with Crippen molar-refractivity contribution in [3.05, 3.63) is 44.4 Å². The molecule has 1 atom stereocenters. The number of ether oxygens (including phenoxy) is 1. The van der Waals surface area contributed by atoms with Gasteiger partial charge < -0.3 is 9.72 Å². The summed E-state index contributed by atoms with van der Waals surface area (Å²) in [5.74, 6) is 0.325. The highest BCUT2D eigenvalue weighted by Gasteiger charge is 2.40. The number of carbonyl (C=O) groups excluding carboxylic acids is 2. The molecule has 0 radical (unpaired) electrons. The minimum absolute atomic E-state index is 0.0464. The number of hydrogen-bond donors (Lipinski definition) is 1. The fraction of sp³-hybridized carbons (Fsp3) is 0.500. The van der Waals surface area contributed by atoms with Gasteiger partial charge in [-0.25, -0.2) is 4.79 Å². The highest BCUT2D eigenvalue weighted by molar-refractivity contribution is 7.10. The number of thiophene rings is 1. The summed E-state index contributed by atoms with van der Waals surface area (Å²) >= 11 is 1.84. The number of esters is 1. The molecular weight excluding hydrogens is 348 g/mol. The maximum absolute atomic E-state index is 13.0. The Morgan fingerprint density at radius 2 is 2.12 bits per heavy atom. The smallest absolute Gasteiger partial charge is 0.339 e. The Kier molecular flexibility index (Phi) is 4.49. The number of rotatable bonds is 5. The van der Waals surface area contributed by atoms with Crippen LogP contribution >= 0.6 is 11.3 Å². The Morgan fingerprint density at radius 1 is 1.35 bits per heavy atom. The molecule has 0 bridgehead atoms. The first-order chi connectivity index (χ1) is 12.5. The van der Waals surface area contributed by atoms with Crippen LogP contribution in [0.3, 0.4) is 0 Å². The molecule has 1 saturated carbocycles. The highest BCUT2D eigenvalue weighted by atomic mass is 32.1. The van der Waals surface area contributed by atoms with E-state index in [9.17, 15) is 9.59 Å². The van der Waals surface area contributed by atoms with Crippen LogP contribution in [-0.2, 0) is 11.2 Å².